The Hall–Kier alpha value is -4.52. The van der Waals surface area contributed by atoms with Gasteiger partial charge in [0.2, 0.25) is 5.91 Å². The average molecular weight is 554 g/mol. The number of nitrogens with one attached hydrogen (secondary N) is 1. The van der Waals surface area contributed by atoms with E-state index < -0.39 is 17.8 Å². The summed E-state index contributed by atoms with van der Waals surface area (Å²) in [6.45, 7) is 0.309. The predicted molar refractivity (Wildman–Crippen MR) is 160 cm³/mol. The summed E-state index contributed by atoms with van der Waals surface area (Å²) in [4.78, 5) is 25.9. The minimum absolute atomic E-state index is 0. The number of hydrogen-bond acceptors (Lipinski definition) is 3. The Morgan fingerprint density at radius 1 is 0.775 bits per heavy atom. The molecule has 0 unspecified atom stereocenters. The molecular weight excluding hydrogens is 525 g/mol. The molecule has 1 atom stereocenters. The first kappa shape index (κ1) is 28.5. The molecule has 0 bridgehead atoms. The molecule has 5 rings (SSSR count). The smallest absolute Gasteiger partial charge is 0.251 e. The summed E-state index contributed by atoms with van der Waals surface area (Å²) in [7, 11) is 0. The van der Waals surface area contributed by atoms with Gasteiger partial charge in [0.05, 0.1) is 18.3 Å². The van der Waals surface area contributed by atoms with Crippen LogP contribution in [0.2, 0.25) is 0 Å². The van der Waals surface area contributed by atoms with Crippen LogP contribution in [-0.2, 0) is 11.3 Å². The molecule has 0 fully saturated rings. The molecule has 1 aromatic heterocycles. The highest BCUT2D eigenvalue weighted by Gasteiger charge is 2.28. The van der Waals surface area contributed by atoms with Crippen molar-refractivity contribution in [1.82, 2.24) is 4.57 Å². The maximum atomic E-state index is 15.4. The Morgan fingerprint density at radius 3 is 1.93 bits per heavy atom. The molecule has 7 heteroatoms. The summed E-state index contributed by atoms with van der Waals surface area (Å²) in [5.41, 5.74) is 10.0. The summed E-state index contributed by atoms with van der Waals surface area (Å²) in [5, 5.41) is 2.77. The molecule has 40 heavy (non-hydrogen) atoms. The second kappa shape index (κ2) is 13.0. The highest BCUT2D eigenvalue weighted by Crippen LogP contribution is 2.29. The van der Waals surface area contributed by atoms with Crippen molar-refractivity contribution in [2.75, 3.05) is 5.32 Å². The predicted octanol–water partition coefficient (Wildman–Crippen LogP) is 6.22. The van der Waals surface area contributed by atoms with E-state index in [-0.39, 0.29) is 35.1 Å². The van der Waals surface area contributed by atoms with Gasteiger partial charge in [0, 0.05) is 23.2 Å². The average Bonchev–Trinajstić information content (AvgIpc) is 2.96. The van der Waals surface area contributed by atoms with Gasteiger partial charge in [-0.05, 0) is 41.0 Å². The van der Waals surface area contributed by atoms with Gasteiger partial charge >= 0.3 is 0 Å². The molecule has 0 saturated heterocycles. The normalized spacial score (nSPS) is 11.5. The van der Waals surface area contributed by atoms with E-state index in [0.717, 1.165) is 16.7 Å². The second-order valence-corrected chi connectivity index (χ2v) is 9.33. The van der Waals surface area contributed by atoms with Crippen LogP contribution in [0.15, 0.2) is 132 Å². The van der Waals surface area contributed by atoms with E-state index >= 15 is 4.39 Å². The summed E-state index contributed by atoms with van der Waals surface area (Å²) >= 11 is 0. The molecule has 5 nitrogen and oxygen atoms in total. The van der Waals surface area contributed by atoms with Crippen molar-refractivity contribution in [2.24, 2.45) is 5.73 Å². The zero-order valence-electron chi connectivity index (χ0n) is 21.6. The number of halogens is 2. The van der Waals surface area contributed by atoms with Gasteiger partial charge in [-0.2, -0.15) is 0 Å². The van der Waals surface area contributed by atoms with Crippen molar-refractivity contribution in [3.63, 3.8) is 0 Å². The molecule has 4 aromatic carbocycles. The van der Waals surface area contributed by atoms with Gasteiger partial charge in [-0.15, -0.1) is 12.4 Å². The summed E-state index contributed by atoms with van der Waals surface area (Å²) in [5.74, 6) is -1.37. The van der Waals surface area contributed by atoms with E-state index in [4.69, 9.17) is 5.73 Å². The first-order valence-corrected chi connectivity index (χ1v) is 12.7. The lowest BCUT2D eigenvalue weighted by molar-refractivity contribution is -0.117. The lowest BCUT2D eigenvalue weighted by Crippen LogP contribution is -2.41. The van der Waals surface area contributed by atoms with Gasteiger partial charge in [-0.3, -0.25) is 9.59 Å². The zero-order chi connectivity index (χ0) is 27.2. The van der Waals surface area contributed by atoms with Gasteiger partial charge in [-0.25, -0.2) is 4.39 Å². The Kier molecular flexibility index (Phi) is 9.27. The molecule has 3 N–H and O–H groups in total. The van der Waals surface area contributed by atoms with Crippen molar-refractivity contribution in [2.45, 2.75) is 18.5 Å². The van der Waals surface area contributed by atoms with E-state index in [2.05, 4.69) is 5.32 Å². The third kappa shape index (κ3) is 6.37. The molecule has 202 valence electrons. The van der Waals surface area contributed by atoms with Crippen LogP contribution in [0.3, 0.4) is 0 Å². The third-order valence-electron chi connectivity index (χ3n) is 6.73. The van der Waals surface area contributed by atoms with Crippen molar-refractivity contribution in [3.8, 4) is 11.3 Å². The number of amides is 1. The Bertz CT molecular complexity index is 1590. The van der Waals surface area contributed by atoms with Crippen LogP contribution < -0.4 is 16.6 Å². The number of carbonyl (C=O) groups excluding carboxylic acids is 1. The van der Waals surface area contributed by atoms with Crippen LogP contribution in [0.5, 0.6) is 0 Å². The largest absolute Gasteiger partial charge is 0.325 e. The van der Waals surface area contributed by atoms with Gasteiger partial charge in [-0.1, -0.05) is 97.1 Å². The highest BCUT2D eigenvalue weighted by molar-refractivity contribution is 5.96. The van der Waals surface area contributed by atoms with E-state index in [1.54, 1.807) is 24.3 Å². The summed E-state index contributed by atoms with van der Waals surface area (Å²) in [6, 6.07) is 37.0. The standard InChI is InChI=1S/C33H28FN3O2.ClH/c34-28-21-26(19-20-27(28)29-17-10-18-30(38)37(29)22-23-11-4-1-5-12-23)36-33(39)32(35)31(24-13-6-2-7-14-24)25-15-8-3-9-16-25;/h1-21,31-32H,22,35H2,(H,36,39);1H/t32-;/m0./s1. The maximum absolute atomic E-state index is 15.4. The number of nitrogens with two attached hydrogens (primary N) is 1. The quantitative estimate of drug-likeness (QED) is 0.239. The first-order chi connectivity index (χ1) is 19.0. The minimum Gasteiger partial charge on any atom is -0.325 e. The summed E-state index contributed by atoms with van der Waals surface area (Å²) in [6.07, 6.45) is 0. The van der Waals surface area contributed by atoms with Crippen LogP contribution in [0.4, 0.5) is 10.1 Å². The van der Waals surface area contributed by atoms with Gasteiger partial charge in [0.1, 0.15) is 5.82 Å². The molecule has 0 aliphatic heterocycles. The molecule has 0 saturated carbocycles. The number of carbonyl (C=O) groups is 1. The van der Waals surface area contributed by atoms with Crippen LogP contribution in [-0.4, -0.2) is 16.5 Å². The summed E-state index contributed by atoms with van der Waals surface area (Å²) < 4.78 is 17.0. The number of aromatic nitrogens is 1. The van der Waals surface area contributed by atoms with Crippen LogP contribution >= 0.6 is 12.4 Å². The molecule has 0 aliphatic carbocycles. The maximum Gasteiger partial charge on any atom is 0.251 e. The molecule has 5 aromatic rings. The zero-order valence-corrected chi connectivity index (χ0v) is 22.4. The van der Waals surface area contributed by atoms with Crippen LogP contribution in [0.1, 0.15) is 22.6 Å². The van der Waals surface area contributed by atoms with E-state index in [1.165, 1.54) is 16.7 Å². The Morgan fingerprint density at radius 2 is 1.35 bits per heavy atom. The number of pyridine rings is 1. The fraction of sp³-hybridized carbons (Fsp3) is 0.0909. The lowest BCUT2D eigenvalue weighted by Gasteiger charge is -2.24. The molecule has 0 aliphatic rings. The molecule has 0 spiro atoms. The van der Waals surface area contributed by atoms with E-state index in [0.29, 0.717) is 12.2 Å². The van der Waals surface area contributed by atoms with Crippen LogP contribution in [0.25, 0.3) is 11.3 Å². The number of rotatable bonds is 8. The van der Waals surface area contributed by atoms with Crippen molar-refractivity contribution >= 4 is 24.0 Å². The van der Waals surface area contributed by atoms with Crippen molar-refractivity contribution in [1.29, 1.82) is 0 Å². The van der Waals surface area contributed by atoms with Gasteiger partial charge in [0.15, 0.2) is 0 Å². The molecule has 1 amide bonds. The lowest BCUT2D eigenvalue weighted by atomic mass is 9.85. The first-order valence-electron chi connectivity index (χ1n) is 12.7. The number of hydrogen-bond donors (Lipinski definition) is 2. The highest BCUT2D eigenvalue weighted by atomic mass is 35.5. The van der Waals surface area contributed by atoms with Gasteiger partial charge in [0.25, 0.3) is 5.56 Å². The molecule has 0 radical (unpaired) electrons. The monoisotopic (exact) mass is 553 g/mol. The number of benzene rings is 4. The van der Waals surface area contributed by atoms with Crippen molar-refractivity contribution in [3.05, 3.63) is 160 Å². The SMILES string of the molecule is Cl.N[C@H](C(=O)Nc1ccc(-c2cccc(=O)n2Cc2ccccc2)c(F)c1)C(c1ccccc1)c1ccccc1. The van der Waals surface area contributed by atoms with Crippen LogP contribution in [0, 0.1) is 5.82 Å². The third-order valence-corrected chi connectivity index (χ3v) is 6.73. The topological polar surface area (TPSA) is 77.1 Å². The Balaban J connectivity index is 0.00000370. The van der Waals surface area contributed by atoms with Gasteiger partial charge < -0.3 is 15.6 Å². The van der Waals surface area contributed by atoms with Crippen molar-refractivity contribution < 1.29 is 9.18 Å². The fourth-order valence-electron chi connectivity index (χ4n) is 4.79. The minimum atomic E-state index is -0.914. The Labute approximate surface area is 238 Å². The molecular formula is C33H29ClFN3O2. The van der Waals surface area contributed by atoms with E-state index in [1.807, 2.05) is 91.0 Å². The van der Waals surface area contributed by atoms with E-state index in [9.17, 15) is 9.59 Å². The number of anilines is 1. The fourth-order valence-corrected chi connectivity index (χ4v) is 4.79. The number of nitrogens with zero attached hydrogens (tertiary/aromatic N) is 1. The molecule has 1 heterocycles. The second-order valence-electron chi connectivity index (χ2n) is 9.33.